The minimum atomic E-state index is -0.130. The summed E-state index contributed by atoms with van der Waals surface area (Å²) in [7, 11) is 0. The maximum atomic E-state index is 6.83. The lowest BCUT2D eigenvalue weighted by atomic mass is 9.82. The van der Waals surface area contributed by atoms with Gasteiger partial charge in [-0.05, 0) is 58.7 Å². The Balaban J connectivity index is 1.21. The molecule has 1 aliphatic rings. The summed E-state index contributed by atoms with van der Waals surface area (Å²) in [5, 5.41) is 4.51. The molecule has 0 bridgehead atoms. The van der Waals surface area contributed by atoms with Crippen LogP contribution in [0, 0.1) is 0 Å². The van der Waals surface area contributed by atoms with Gasteiger partial charge in [0.2, 0.25) is 0 Å². The van der Waals surface area contributed by atoms with Gasteiger partial charge in [0.1, 0.15) is 11.2 Å². The first-order chi connectivity index (χ1) is 26.0. The summed E-state index contributed by atoms with van der Waals surface area (Å²) in [6.07, 6.45) is 0. The van der Waals surface area contributed by atoms with Crippen LogP contribution < -0.4 is 0 Å². The molecule has 0 aliphatic heterocycles. The van der Waals surface area contributed by atoms with Crippen LogP contribution in [0.3, 0.4) is 0 Å². The highest BCUT2D eigenvalue weighted by Gasteiger charge is 2.36. The molecule has 0 spiro atoms. The zero-order valence-corrected chi connectivity index (χ0v) is 29.2. The van der Waals surface area contributed by atoms with Gasteiger partial charge in [0.05, 0.1) is 27.7 Å². The van der Waals surface area contributed by atoms with Crippen molar-refractivity contribution in [3.05, 3.63) is 169 Å². The topological polar surface area (TPSA) is 56.7 Å². The average Bonchev–Trinajstić information content (AvgIpc) is 3.83. The first-order valence-corrected chi connectivity index (χ1v) is 18.0. The predicted octanol–water partition coefficient (Wildman–Crippen LogP) is 12.2. The highest BCUT2D eigenvalue weighted by molar-refractivity contribution is 6.17. The minimum Gasteiger partial charge on any atom is -0.455 e. The maximum absolute atomic E-state index is 6.83. The lowest BCUT2D eigenvalue weighted by Crippen LogP contribution is -2.15. The number of hydrogen-bond acceptors (Lipinski definition) is 4. The van der Waals surface area contributed by atoms with Crippen LogP contribution in [0.4, 0.5) is 0 Å². The van der Waals surface area contributed by atoms with Gasteiger partial charge in [0, 0.05) is 32.7 Å². The predicted molar refractivity (Wildman–Crippen MR) is 215 cm³/mol. The molecule has 0 saturated carbocycles. The minimum absolute atomic E-state index is 0.130. The van der Waals surface area contributed by atoms with Crippen molar-refractivity contribution in [2.24, 2.45) is 0 Å². The van der Waals surface area contributed by atoms with Gasteiger partial charge in [-0.2, -0.15) is 0 Å². The number of furan rings is 1. The molecule has 250 valence electrons. The Bertz CT molecular complexity index is 3020. The van der Waals surface area contributed by atoms with Crippen molar-refractivity contribution >= 4 is 43.7 Å². The Hall–Kier alpha value is -6.85. The summed E-state index contributed by atoms with van der Waals surface area (Å²) in [4.78, 5) is 15.1. The van der Waals surface area contributed by atoms with Gasteiger partial charge in [-0.15, -0.1) is 0 Å². The Kier molecular flexibility index (Phi) is 6.23. The number of aromatic nitrogens is 4. The van der Waals surface area contributed by atoms with Gasteiger partial charge in [-0.3, -0.25) is 0 Å². The molecule has 0 fully saturated rings. The lowest BCUT2D eigenvalue weighted by Gasteiger charge is -2.21. The molecule has 53 heavy (non-hydrogen) atoms. The van der Waals surface area contributed by atoms with E-state index in [4.69, 9.17) is 19.4 Å². The van der Waals surface area contributed by atoms with E-state index in [0.717, 1.165) is 49.8 Å². The maximum Gasteiger partial charge on any atom is 0.167 e. The van der Waals surface area contributed by atoms with Crippen molar-refractivity contribution in [3.8, 4) is 51.0 Å². The molecule has 11 rings (SSSR count). The summed E-state index contributed by atoms with van der Waals surface area (Å²) >= 11 is 0. The molecular formula is C48H32N4O. The molecule has 3 heterocycles. The molecule has 0 N–H and O–H groups in total. The quantitative estimate of drug-likeness (QED) is 0.186. The standard InChI is InChI=1S/C48H32N4O/c1-48(2)37-22-12-9-19-31(37)35-27-36-32-20-10-13-23-39(32)52(41(36)28-38(35)48)40-26-25-34(44-43(40)33-21-11-14-24-42(33)53-44)47-50-45(29-15-5-3-6-16-29)49-46(51-47)30-17-7-4-8-18-30/h3-28H,1-2H3. The second kappa shape index (κ2) is 11.1. The SMILES string of the molecule is CC1(C)c2ccccc2-c2cc3c4ccccc4n(-c4ccc(-c5nc(-c6ccccc6)nc(-c6ccccc6)n5)c5oc6ccccc6c45)c3cc21. The van der Waals surface area contributed by atoms with Crippen molar-refractivity contribution in [2.75, 3.05) is 0 Å². The fourth-order valence-electron chi connectivity index (χ4n) is 8.52. The van der Waals surface area contributed by atoms with Crippen LogP contribution >= 0.6 is 0 Å². The van der Waals surface area contributed by atoms with Crippen molar-refractivity contribution in [3.63, 3.8) is 0 Å². The van der Waals surface area contributed by atoms with Crippen LogP contribution in [0.1, 0.15) is 25.0 Å². The van der Waals surface area contributed by atoms with Gasteiger partial charge in [-0.1, -0.05) is 135 Å². The van der Waals surface area contributed by atoms with E-state index in [2.05, 4.69) is 103 Å². The summed E-state index contributed by atoms with van der Waals surface area (Å²) in [6.45, 7) is 4.68. The normalized spacial score (nSPS) is 13.2. The van der Waals surface area contributed by atoms with Crippen LogP contribution in [0.25, 0.3) is 94.7 Å². The third-order valence-electron chi connectivity index (χ3n) is 11.1. The van der Waals surface area contributed by atoms with Gasteiger partial charge >= 0.3 is 0 Å². The summed E-state index contributed by atoms with van der Waals surface area (Å²) < 4.78 is 9.25. The van der Waals surface area contributed by atoms with Crippen molar-refractivity contribution < 1.29 is 4.42 Å². The molecular weight excluding hydrogens is 649 g/mol. The molecule has 0 unspecified atom stereocenters. The van der Waals surface area contributed by atoms with Crippen LogP contribution in [0.5, 0.6) is 0 Å². The van der Waals surface area contributed by atoms with E-state index in [-0.39, 0.29) is 5.41 Å². The van der Waals surface area contributed by atoms with E-state index in [1.165, 1.54) is 38.5 Å². The molecule has 1 aliphatic carbocycles. The molecule has 3 aromatic heterocycles. The Morgan fingerprint density at radius 1 is 0.472 bits per heavy atom. The molecule has 7 aromatic carbocycles. The third-order valence-corrected chi connectivity index (χ3v) is 11.1. The Morgan fingerprint density at radius 2 is 1.09 bits per heavy atom. The second-order valence-corrected chi connectivity index (χ2v) is 14.4. The Labute approximate surface area is 305 Å². The summed E-state index contributed by atoms with van der Waals surface area (Å²) in [5.41, 5.74) is 12.8. The zero-order chi connectivity index (χ0) is 35.3. The summed E-state index contributed by atoms with van der Waals surface area (Å²) in [5.74, 6) is 1.79. The van der Waals surface area contributed by atoms with E-state index in [1.807, 2.05) is 72.8 Å². The lowest BCUT2D eigenvalue weighted by molar-refractivity contribution is 0.661. The smallest absolute Gasteiger partial charge is 0.167 e. The molecule has 0 amide bonds. The van der Waals surface area contributed by atoms with Crippen molar-refractivity contribution in [1.82, 2.24) is 19.5 Å². The van der Waals surface area contributed by atoms with Crippen molar-refractivity contribution in [2.45, 2.75) is 19.3 Å². The van der Waals surface area contributed by atoms with E-state index in [0.29, 0.717) is 17.5 Å². The fourth-order valence-corrected chi connectivity index (χ4v) is 8.52. The largest absolute Gasteiger partial charge is 0.455 e. The van der Waals surface area contributed by atoms with Crippen molar-refractivity contribution in [1.29, 1.82) is 0 Å². The van der Waals surface area contributed by atoms with Crippen LogP contribution in [0.15, 0.2) is 162 Å². The second-order valence-electron chi connectivity index (χ2n) is 14.4. The van der Waals surface area contributed by atoms with Crippen LogP contribution in [0.2, 0.25) is 0 Å². The fraction of sp³-hybridized carbons (Fsp3) is 0.0625. The van der Waals surface area contributed by atoms with Gasteiger partial charge in [0.15, 0.2) is 17.5 Å². The molecule has 0 atom stereocenters. The van der Waals surface area contributed by atoms with E-state index >= 15 is 0 Å². The first-order valence-electron chi connectivity index (χ1n) is 18.0. The third kappa shape index (κ3) is 4.34. The van der Waals surface area contributed by atoms with Gasteiger partial charge in [0.25, 0.3) is 0 Å². The van der Waals surface area contributed by atoms with Gasteiger partial charge < -0.3 is 8.98 Å². The first kappa shape index (κ1) is 29.8. The average molecular weight is 681 g/mol. The zero-order valence-electron chi connectivity index (χ0n) is 29.2. The number of rotatable bonds is 4. The van der Waals surface area contributed by atoms with E-state index in [9.17, 15) is 0 Å². The number of para-hydroxylation sites is 2. The highest BCUT2D eigenvalue weighted by atomic mass is 16.3. The van der Waals surface area contributed by atoms with Crippen LogP contribution in [-0.4, -0.2) is 19.5 Å². The summed E-state index contributed by atoms with van der Waals surface area (Å²) in [6, 6.07) is 55.2. The van der Waals surface area contributed by atoms with E-state index in [1.54, 1.807) is 0 Å². The number of hydrogen-bond donors (Lipinski definition) is 0. The number of fused-ring (bicyclic) bond motifs is 9. The Morgan fingerprint density at radius 3 is 1.85 bits per heavy atom. The number of benzene rings is 7. The van der Waals surface area contributed by atoms with Gasteiger partial charge in [-0.25, -0.2) is 15.0 Å². The molecule has 5 nitrogen and oxygen atoms in total. The van der Waals surface area contributed by atoms with Crippen LogP contribution in [-0.2, 0) is 5.41 Å². The molecule has 10 aromatic rings. The van der Waals surface area contributed by atoms with E-state index < -0.39 is 0 Å². The molecule has 0 radical (unpaired) electrons. The number of nitrogens with zero attached hydrogens (tertiary/aromatic N) is 4. The molecule has 5 heteroatoms. The molecule has 0 saturated heterocycles. The monoisotopic (exact) mass is 680 g/mol. The highest BCUT2D eigenvalue weighted by Crippen LogP contribution is 2.51.